The first-order valence-electron chi connectivity index (χ1n) is 5.26. The standard InChI is InChI=1S/C11H16ClNO2S/c1-2-13-8-5-9-16(14,15)11-7-4-3-6-10(11)12/h3-4,6-7,13H,2,5,8-9H2,1H3. The predicted octanol–water partition coefficient (Wildman–Crippen LogP) is 2.11. The van der Waals surface area contributed by atoms with Gasteiger partial charge in [-0.25, -0.2) is 8.42 Å². The molecule has 0 bridgehead atoms. The van der Waals surface area contributed by atoms with Gasteiger partial charge in [0.05, 0.1) is 15.7 Å². The molecule has 0 fully saturated rings. The Morgan fingerprint density at radius 1 is 1.31 bits per heavy atom. The molecular weight excluding hydrogens is 246 g/mol. The minimum absolute atomic E-state index is 0.129. The largest absolute Gasteiger partial charge is 0.317 e. The van der Waals surface area contributed by atoms with E-state index in [0.717, 1.165) is 6.54 Å². The zero-order valence-electron chi connectivity index (χ0n) is 9.24. The average molecular weight is 262 g/mol. The van der Waals surface area contributed by atoms with Crippen molar-refractivity contribution < 1.29 is 8.42 Å². The third-order valence-corrected chi connectivity index (χ3v) is 4.48. The highest BCUT2D eigenvalue weighted by Crippen LogP contribution is 2.21. The molecule has 0 saturated heterocycles. The quantitative estimate of drug-likeness (QED) is 0.798. The Labute approximate surface area is 102 Å². The summed E-state index contributed by atoms with van der Waals surface area (Å²) >= 11 is 5.85. The molecule has 0 radical (unpaired) electrons. The molecule has 0 aliphatic heterocycles. The number of sulfone groups is 1. The summed E-state index contributed by atoms with van der Waals surface area (Å²) in [7, 11) is -3.24. The van der Waals surface area contributed by atoms with Gasteiger partial charge in [0, 0.05) is 0 Å². The maximum atomic E-state index is 11.9. The maximum Gasteiger partial charge on any atom is 0.179 e. The molecule has 0 heterocycles. The number of hydrogen-bond acceptors (Lipinski definition) is 3. The molecule has 1 aromatic carbocycles. The highest BCUT2D eigenvalue weighted by molar-refractivity contribution is 7.91. The van der Waals surface area contributed by atoms with Crippen molar-refractivity contribution >= 4 is 21.4 Å². The summed E-state index contributed by atoms with van der Waals surface area (Å²) in [5.41, 5.74) is 0. The minimum atomic E-state index is -3.24. The van der Waals surface area contributed by atoms with Crippen molar-refractivity contribution in [3.05, 3.63) is 29.3 Å². The van der Waals surface area contributed by atoms with Crippen LogP contribution in [0.4, 0.5) is 0 Å². The number of nitrogens with one attached hydrogen (secondary N) is 1. The summed E-state index contributed by atoms with van der Waals surface area (Å²) in [4.78, 5) is 0.230. The first kappa shape index (κ1) is 13.5. The molecule has 0 unspecified atom stereocenters. The number of halogens is 1. The van der Waals surface area contributed by atoms with E-state index in [4.69, 9.17) is 11.6 Å². The van der Waals surface area contributed by atoms with Gasteiger partial charge in [0.2, 0.25) is 0 Å². The Kier molecular flexibility index (Phi) is 5.25. The summed E-state index contributed by atoms with van der Waals surface area (Å²) in [6, 6.07) is 6.55. The zero-order valence-corrected chi connectivity index (χ0v) is 10.8. The molecule has 0 saturated carbocycles. The van der Waals surface area contributed by atoms with Gasteiger partial charge in [-0.15, -0.1) is 0 Å². The second kappa shape index (κ2) is 6.23. The molecule has 16 heavy (non-hydrogen) atoms. The van der Waals surface area contributed by atoms with Gasteiger partial charge in [0.25, 0.3) is 0 Å². The van der Waals surface area contributed by atoms with Gasteiger partial charge in [-0.05, 0) is 31.6 Å². The Morgan fingerprint density at radius 2 is 2.00 bits per heavy atom. The van der Waals surface area contributed by atoms with Crippen LogP contribution < -0.4 is 5.32 Å². The van der Waals surface area contributed by atoms with Gasteiger partial charge in [0.15, 0.2) is 9.84 Å². The van der Waals surface area contributed by atoms with Crippen LogP contribution in [-0.4, -0.2) is 27.3 Å². The zero-order chi connectivity index (χ0) is 12.0. The van der Waals surface area contributed by atoms with E-state index < -0.39 is 9.84 Å². The summed E-state index contributed by atoms with van der Waals surface area (Å²) in [5, 5.41) is 3.39. The molecule has 0 aliphatic carbocycles. The highest BCUT2D eigenvalue weighted by Gasteiger charge is 2.16. The van der Waals surface area contributed by atoms with Gasteiger partial charge in [-0.1, -0.05) is 30.7 Å². The Bertz CT molecular complexity index is 431. The summed E-state index contributed by atoms with van der Waals surface area (Å²) in [6.07, 6.45) is 0.599. The second-order valence-electron chi connectivity index (χ2n) is 3.46. The molecule has 1 rings (SSSR count). The molecule has 5 heteroatoms. The first-order chi connectivity index (χ1) is 7.58. The van der Waals surface area contributed by atoms with Crippen molar-refractivity contribution in [2.24, 2.45) is 0 Å². The van der Waals surface area contributed by atoms with Crippen molar-refractivity contribution in [3.8, 4) is 0 Å². The van der Waals surface area contributed by atoms with E-state index in [1.54, 1.807) is 24.3 Å². The Hall–Kier alpha value is -0.580. The van der Waals surface area contributed by atoms with Crippen LogP contribution in [-0.2, 0) is 9.84 Å². The van der Waals surface area contributed by atoms with Gasteiger partial charge < -0.3 is 5.32 Å². The van der Waals surface area contributed by atoms with Crippen molar-refractivity contribution in [1.29, 1.82) is 0 Å². The van der Waals surface area contributed by atoms with Crippen LogP contribution >= 0.6 is 11.6 Å². The number of hydrogen-bond donors (Lipinski definition) is 1. The summed E-state index contributed by atoms with van der Waals surface area (Å²) < 4.78 is 23.8. The molecule has 0 spiro atoms. The van der Waals surface area contributed by atoms with E-state index in [1.807, 2.05) is 6.92 Å². The van der Waals surface area contributed by atoms with Crippen LogP contribution in [0.3, 0.4) is 0 Å². The normalized spacial score (nSPS) is 11.6. The fourth-order valence-electron chi connectivity index (χ4n) is 1.37. The van der Waals surface area contributed by atoms with Crippen LogP contribution in [0.25, 0.3) is 0 Å². The highest BCUT2D eigenvalue weighted by atomic mass is 35.5. The molecule has 3 nitrogen and oxygen atoms in total. The Morgan fingerprint density at radius 3 is 2.62 bits per heavy atom. The predicted molar refractivity (Wildman–Crippen MR) is 66.7 cm³/mol. The lowest BCUT2D eigenvalue weighted by atomic mass is 10.4. The third-order valence-electron chi connectivity index (χ3n) is 2.19. The van der Waals surface area contributed by atoms with Crippen LogP contribution in [0.1, 0.15) is 13.3 Å². The minimum Gasteiger partial charge on any atom is -0.317 e. The van der Waals surface area contributed by atoms with E-state index in [9.17, 15) is 8.42 Å². The lowest BCUT2D eigenvalue weighted by Crippen LogP contribution is -2.18. The monoisotopic (exact) mass is 261 g/mol. The molecule has 0 atom stereocenters. The molecule has 0 aliphatic rings. The molecule has 90 valence electrons. The van der Waals surface area contributed by atoms with Gasteiger partial charge in [0.1, 0.15) is 0 Å². The third kappa shape index (κ3) is 3.77. The number of rotatable bonds is 6. The van der Waals surface area contributed by atoms with E-state index in [2.05, 4.69) is 5.32 Å². The second-order valence-corrected chi connectivity index (χ2v) is 5.94. The van der Waals surface area contributed by atoms with Gasteiger partial charge in [-0.2, -0.15) is 0 Å². The maximum absolute atomic E-state index is 11.9. The molecular formula is C11H16ClNO2S. The molecule has 1 N–H and O–H groups in total. The fourth-order valence-corrected chi connectivity index (χ4v) is 3.25. The van der Waals surface area contributed by atoms with Gasteiger partial charge in [-0.3, -0.25) is 0 Å². The first-order valence-corrected chi connectivity index (χ1v) is 7.29. The van der Waals surface area contributed by atoms with Crippen LogP contribution in [0.15, 0.2) is 29.2 Å². The van der Waals surface area contributed by atoms with E-state index in [-0.39, 0.29) is 10.6 Å². The molecule has 1 aromatic rings. The lowest BCUT2D eigenvalue weighted by molar-refractivity contribution is 0.590. The van der Waals surface area contributed by atoms with E-state index in [0.29, 0.717) is 18.0 Å². The van der Waals surface area contributed by atoms with Crippen molar-refractivity contribution in [2.75, 3.05) is 18.8 Å². The van der Waals surface area contributed by atoms with Crippen molar-refractivity contribution in [2.45, 2.75) is 18.2 Å². The fraction of sp³-hybridized carbons (Fsp3) is 0.455. The average Bonchev–Trinajstić information content (AvgIpc) is 2.25. The SMILES string of the molecule is CCNCCCS(=O)(=O)c1ccccc1Cl. The van der Waals surface area contributed by atoms with E-state index in [1.165, 1.54) is 0 Å². The van der Waals surface area contributed by atoms with Crippen LogP contribution in [0.2, 0.25) is 5.02 Å². The smallest absolute Gasteiger partial charge is 0.179 e. The summed E-state index contributed by atoms with van der Waals surface area (Å²) in [6.45, 7) is 3.55. The molecule has 0 aromatic heterocycles. The van der Waals surface area contributed by atoms with Crippen molar-refractivity contribution in [1.82, 2.24) is 5.32 Å². The van der Waals surface area contributed by atoms with E-state index >= 15 is 0 Å². The topological polar surface area (TPSA) is 46.2 Å². The van der Waals surface area contributed by atoms with Gasteiger partial charge >= 0.3 is 0 Å². The summed E-state index contributed by atoms with van der Waals surface area (Å²) in [5.74, 6) is 0.129. The van der Waals surface area contributed by atoms with Crippen LogP contribution in [0, 0.1) is 0 Å². The van der Waals surface area contributed by atoms with Crippen LogP contribution in [0.5, 0.6) is 0 Å². The Balaban J connectivity index is 2.68. The number of benzene rings is 1. The lowest BCUT2D eigenvalue weighted by Gasteiger charge is -2.06. The van der Waals surface area contributed by atoms with Crippen molar-refractivity contribution in [3.63, 3.8) is 0 Å². The molecule has 0 amide bonds.